The molecule has 0 atom stereocenters. The van der Waals surface area contributed by atoms with Gasteiger partial charge in [0.2, 0.25) is 0 Å². The van der Waals surface area contributed by atoms with Crippen LogP contribution in [0, 0.1) is 5.41 Å². The smallest absolute Gasteiger partial charge is 0.323 e. The molecular formula is C19H26O6. The molecule has 0 unspecified atom stereocenters. The lowest BCUT2D eigenvalue weighted by Crippen LogP contribution is -2.41. The molecule has 0 spiro atoms. The second-order valence-corrected chi connectivity index (χ2v) is 5.75. The molecule has 1 rings (SSSR count). The summed E-state index contributed by atoms with van der Waals surface area (Å²) in [6, 6.07) is 7.13. The number of hydrogen-bond acceptors (Lipinski definition) is 6. The lowest BCUT2D eigenvalue weighted by Gasteiger charge is -2.25. The van der Waals surface area contributed by atoms with E-state index >= 15 is 0 Å². The molecule has 0 radical (unpaired) electrons. The van der Waals surface area contributed by atoms with Crippen molar-refractivity contribution >= 4 is 17.9 Å². The van der Waals surface area contributed by atoms with E-state index in [1.165, 1.54) is 6.92 Å². The Hall–Kier alpha value is -2.37. The topological polar surface area (TPSA) is 78.9 Å². The van der Waals surface area contributed by atoms with Crippen molar-refractivity contribution in [1.29, 1.82) is 0 Å². The van der Waals surface area contributed by atoms with Crippen molar-refractivity contribution in [2.75, 3.05) is 19.8 Å². The van der Waals surface area contributed by atoms with Gasteiger partial charge >= 0.3 is 17.9 Å². The van der Waals surface area contributed by atoms with Crippen LogP contribution in [0.2, 0.25) is 0 Å². The molecule has 0 aliphatic rings. The van der Waals surface area contributed by atoms with Gasteiger partial charge in [0.15, 0.2) is 5.41 Å². The van der Waals surface area contributed by atoms with Crippen molar-refractivity contribution in [3.63, 3.8) is 0 Å². The van der Waals surface area contributed by atoms with Gasteiger partial charge < -0.3 is 14.2 Å². The monoisotopic (exact) mass is 350 g/mol. The molecule has 0 bridgehead atoms. The summed E-state index contributed by atoms with van der Waals surface area (Å²) < 4.78 is 15.0. The summed E-state index contributed by atoms with van der Waals surface area (Å²) in [6.45, 7) is 7.37. The minimum absolute atomic E-state index is 0.157. The Bertz CT molecular complexity index is 572. The predicted octanol–water partition coefficient (Wildman–Crippen LogP) is 2.47. The van der Waals surface area contributed by atoms with Gasteiger partial charge in [-0.05, 0) is 45.2 Å². The number of carbonyl (C=O) groups excluding carboxylic acids is 3. The van der Waals surface area contributed by atoms with E-state index in [0.717, 1.165) is 11.1 Å². The molecule has 0 aliphatic carbocycles. The van der Waals surface area contributed by atoms with Gasteiger partial charge in [0.1, 0.15) is 0 Å². The third-order valence-corrected chi connectivity index (χ3v) is 3.69. The van der Waals surface area contributed by atoms with Gasteiger partial charge in [-0.25, -0.2) is 0 Å². The van der Waals surface area contributed by atoms with Crippen molar-refractivity contribution in [2.24, 2.45) is 5.41 Å². The Morgan fingerprint density at radius 1 is 0.800 bits per heavy atom. The maximum absolute atomic E-state index is 12.3. The van der Waals surface area contributed by atoms with Gasteiger partial charge in [0.25, 0.3) is 0 Å². The van der Waals surface area contributed by atoms with Gasteiger partial charge in [-0.2, -0.15) is 0 Å². The number of rotatable bonds is 9. The highest BCUT2D eigenvalue weighted by molar-refractivity contribution is 5.99. The summed E-state index contributed by atoms with van der Waals surface area (Å²) in [5.74, 6) is -1.51. The minimum Gasteiger partial charge on any atom is -0.466 e. The van der Waals surface area contributed by atoms with Crippen LogP contribution in [0.5, 0.6) is 0 Å². The normalized spacial score (nSPS) is 10.9. The third-order valence-electron chi connectivity index (χ3n) is 3.69. The molecule has 138 valence electrons. The molecule has 0 saturated heterocycles. The average Bonchev–Trinajstić information content (AvgIpc) is 2.57. The number of ether oxygens (including phenoxy) is 3. The van der Waals surface area contributed by atoms with Crippen molar-refractivity contribution in [3.05, 3.63) is 35.4 Å². The van der Waals surface area contributed by atoms with Crippen molar-refractivity contribution in [2.45, 2.75) is 40.5 Å². The van der Waals surface area contributed by atoms with Crippen LogP contribution >= 0.6 is 0 Å². The van der Waals surface area contributed by atoms with Gasteiger partial charge in [0, 0.05) is 0 Å². The second kappa shape index (κ2) is 9.81. The van der Waals surface area contributed by atoms with Crippen LogP contribution in [0.4, 0.5) is 0 Å². The van der Waals surface area contributed by atoms with E-state index in [0.29, 0.717) is 6.61 Å². The summed E-state index contributed by atoms with van der Waals surface area (Å²) in [4.78, 5) is 36.1. The maximum Gasteiger partial charge on any atom is 0.323 e. The lowest BCUT2D eigenvalue weighted by atomic mass is 9.83. The molecule has 0 aromatic heterocycles. The van der Waals surface area contributed by atoms with E-state index < -0.39 is 17.4 Å². The van der Waals surface area contributed by atoms with Crippen LogP contribution in [-0.2, 0) is 41.4 Å². The molecule has 25 heavy (non-hydrogen) atoms. The zero-order valence-electron chi connectivity index (χ0n) is 15.3. The van der Waals surface area contributed by atoms with E-state index in [1.54, 1.807) is 45.0 Å². The molecule has 0 fully saturated rings. The largest absolute Gasteiger partial charge is 0.466 e. The highest BCUT2D eigenvalue weighted by Gasteiger charge is 2.44. The van der Waals surface area contributed by atoms with Crippen LogP contribution < -0.4 is 0 Å². The second-order valence-electron chi connectivity index (χ2n) is 5.75. The summed E-state index contributed by atoms with van der Waals surface area (Å²) in [7, 11) is 0. The summed E-state index contributed by atoms with van der Waals surface area (Å²) >= 11 is 0. The highest BCUT2D eigenvalue weighted by atomic mass is 16.6. The molecule has 6 heteroatoms. The van der Waals surface area contributed by atoms with Crippen molar-refractivity contribution in [3.8, 4) is 0 Å². The fourth-order valence-electron chi connectivity index (χ4n) is 2.37. The van der Waals surface area contributed by atoms with Gasteiger partial charge in [-0.1, -0.05) is 24.3 Å². The zero-order chi connectivity index (χ0) is 18.9. The highest BCUT2D eigenvalue weighted by Crippen LogP contribution is 2.27. The first-order valence-corrected chi connectivity index (χ1v) is 8.45. The van der Waals surface area contributed by atoms with Gasteiger partial charge in [0.05, 0.1) is 26.2 Å². The van der Waals surface area contributed by atoms with E-state index in [1.807, 2.05) is 0 Å². The van der Waals surface area contributed by atoms with Gasteiger partial charge in [-0.15, -0.1) is 0 Å². The first-order valence-electron chi connectivity index (χ1n) is 8.45. The number of benzene rings is 1. The molecule has 0 amide bonds. The van der Waals surface area contributed by atoms with Crippen LogP contribution in [0.15, 0.2) is 24.3 Å². The number of carbonyl (C=O) groups is 3. The number of esters is 3. The van der Waals surface area contributed by atoms with E-state index in [9.17, 15) is 14.4 Å². The fourth-order valence-corrected chi connectivity index (χ4v) is 2.37. The van der Waals surface area contributed by atoms with Crippen LogP contribution in [0.1, 0.15) is 38.8 Å². The summed E-state index contributed by atoms with van der Waals surface area (Å²) in [5, 5.41) is 0. The molecule has 0 N–H and O–H groups in total. The Morgan fingerprint density at radius 3 is 1.68 bits per heavy atom. The Kier molecular flexibility index (Phi) is 8.11. The summed E-state index contributed by atoms with van der Waals surface area (Å²) in [6.07, 6.45) is 0.339. The summed E-state index contributed by atoms with van der Waals surface area (Å²) in [5.41, 5.74) is 0.168. The third kappa shape index (κ3) is 5.89. The standard InChI is InChI=1S/C19H26O6/c1-5-23-16(20)12-14-8-10-15(11-9-14)13-19(4,17(21)24-6-2)18(22)25-7-3/h8-11H,5-7,12-13H2,1-4H3. The van der Waals surface area contributed by atoms with E-state index in [2.05, 4.69) is 0 Å². The molecule has 1 aromatic rings. The van der Waals surface area contributed by atoms with E-state index in [-0.39, 0.29) is 32.0 Å². The van der Waals surface area contributed by atoms with Crippen LogP contribution in [0.25, 0.3) is 0 Å². The molecule has 1 aromatic carbocycles. The first-order chi connectivity index (χ1) is 11.9. The first kappa shape index (κ1) is 20.7. The van der Waals surface area contributed by atoms with E-state index in [4.69, 9.17) is 14.2 Å². The SMILES string of the molecule is CCOC(=O)Cc1ccc(CC(C)(C(=O)OCC)C(=O)OCC)cc1. The quantitative estimate of drug-likeness (QED) is 0.387. The fraction of sp³-hybridized carbons (Fsp3) is 0.526. The minimum atomic E-state index is -1.41. The maximum atomic E-state index is 12.3. The molecule has 0 aliphatic heterocycles. The number of hydrogen-bond donors (Lipinski definition) is 0. The Labute approximate surface area is 148 Å². The van der Waals surface area contributed by atoms with Crippen LogP contribution in [0.3, 0.4) is 0 Å². The lowest BCUT2D eigenvalue weighted by molar-refractivity contribution is -0.170. The van der Waals surface area contributed by atoms with Crippen molar-refractivity contribution in [1.82, 2.24) is 0 Å². The average molecular weight is 350 g/mol. The van der Waals surface area contributed by atoms with Crippen LogP contribution in [-0.4, -0.2) is 37.7 Å². The zero-order valence-corrected chi connectivity index (χ0v) is 15.3. The molecule has 0 heterocycles. The molecule has 0 saturated carbocycles. The Morgan fingerprint density at radius 2 is 1.24 bits per heavy atom. The van der Waals surface area contributed by atoms with Gasteiger partial charge in [-0.3, -0.25) is 14.4 Å². The molecular weight excluding hydrogens is 324 g/mol. The molecule has 6 nitrogen and oxygen atoms in total. The predicted molar refractivity (Wildman–Crippen MR) is 91.9 cm³/mol. The van der Waals surface area contributed by atoms with Crippen molar-refractivity contribution < 1.29 is 28.6 Å². The Balaban J connectivity index is 2.91.